The number of nitrogens with zero attached hydrogens (tertiary/aromatic N) is 2. The van der Waals surface area contributed by atoms with E-state index in [0.717, 1.165) is 22.0 Å². The molecule has 40 heavy (non-hydrogen) atoms. The summed E-state index contributed by atoms with van der Waals surface area (Å²) < 4.78 is 12.6. The molecule has 1 atom stereocenters. The van der Waals surface area contributed by atoms with Crippen LogP contribution < -0.4 is 19.6 Å². The molecule has 0 aliphatic heterocycles. The van der Waals surface area contributed by atoms with Gasteiger partial charge in [0.05, 0.1) is 49.2 Å². The number of benzene rings is 3. The van der Waals surface area contributed by atoms with Crippen molar-refractivity contribution >= 4 is 27.7 Å². The Labute approximate surface area is 233 Å². The molecule has 3 aromatic carbocycles. The van der Waals surface area contributed by atoms with Gasteiger partial charge in [-0.25, -0.2) is 4.98 Å². The normalized spacial score (nSPS) is 12.1. The third kappa shape index (κ3) is 5.58. The Kier molecular flexibility index (Phi) is 7.89. The lowest BCUT2D eigenvalue weighted by Crippen LogP contribution is -2.39. The van der Waals surface area contributed by atoms with Gasteiger partial charge in [-0.15, -0.1) is 0 Å². The van der Waals surface area contributed by atoms with Crippen LogP contribution in [0.2, 0.25) is 0 Å². The lowest BCUT2D eigenvalue weighted by Gasteiger charge is -2.18. The SMILES string of the molecule is COc1cccc(-c2cc(C(=O)N[C@@H](CO)Cc3cn(OC(C)C)c4ccccc34)c3cc(OC)ccc3n2)c1. The highest BCUT2D eigenvalue weighted by molar-refractivity contribution is 6.07. The number of aromatic nitrogens is 2. The highest BCUT2D eigenvalue weighted by Gasteiger charge is 2.21. The standard InChI is InChI=1S/C32H33N3O5/c1-20(2)40-35-18-22(26-10-5-6-11-31(26)35)14-23(19-36)33-32(37)28-17-30(21-8-7-9-24(15-21)38-3)34-29-13-12-25(39-4)16-27(28)29/h5-13,15-18,20,23,36H,14,19H2,1-4H3,(H,33,37)/t23-/m1/s1. The molecule has 0 radical (unpaired) electrons. The Morgan fingerprint density at radius 3 is 2.48 bits per heavy atom. The van der Waals surface area contributed by atoms with Crippen molar-refractivity contribution in [2.24, 2.45) is 0 Å². The highest BCUT2D eigenvalue weighted by atomic mass is 16.7. The fourth-order valence-electron chi connectivity index (χ4n) is 4.83. The van der Waals surface area contributed by atoms with E-state index in [0.29, 0.717) is 40.1 Å². The topological polar surface area (TPSA) is 94.8 Å². The molecule has 0 saturated carbocycles. The summed E-state index contributed by atoms with van der Waals surface area (Å²) in [5, 5.41) is 15.0. The summed E-state index contributed by atoms with van der Waals surface area (Å²) in [5.74, 6) is 1.00. The van der Waals surface area contributed by atoms with Crippen molar-refractivity contribution in [1.29, 1.82) is 0 Å². The molecular weight excluding hydrogens is 506 g/mol. The molecule has 0 unspecified atom stereocenters. The number of pyridine rings is 1. The van der Waals surface area contributed by atoms with Gasteiger partial charge in [0.1, 0.15) is 17.6 Å². The third-order valence-electron chi connectivity index (χ3n) is 6.73. The maximum Gasteiger partial charge on any atom is 0.252 e. The third-order valence-corrected chi connectivity index (χ3v) is 6.73. The number of aliphatic hydroxyl groups excluding tert-OH is 1. The largest absolute Gasteiger partial charge is 0.497 e. The van der Waals surface area contributed by atoms with Gasteiger partial charge < -0.3 is 24.7 Å². The van der Waals surface area contributed by atoms with Crippen molar-refractivity contribution in [3.8, 4) is 22.8 Å². The van der Waals surface area contributed by atoms with Crippen LogP contribution >= 0.6 is 0 Å². The zero-order valence-corrected chi connectivity index (χ0v) is 23.0. The van der Waals surface area contributed by atoms with E-state index in [1.165, 1.54) is 0 Å². The Hall–Kier alpha value is -4.56. The van der Waals surface area contributed by atoms with Gasteiger partial charge in [0.15, 0.2) is 0 Å². The molecule has 2 N–H and O–H groups in total. The number of rotatable bonds is 10. The first-order chi connectivity index (χ1) is 19.4. The molecule has 2 aromatic heterocycles. The predicted molar refractivity (Wildman–Crippen MR) is 156 cm³/mol. The van der Waals surface area contributed by atoms with Gasteiger partial charge in [-0.05, 0) is 68.3 Å². The molecular formula is C32H33N3O5. The molecule has 8 heteroatoms. The average Bonchev–Trinajstić information content (AvgIpc) is 3.31. The molecule has 0 aliphatic rings. The smallest absolute Gasteiger partial charge is 0.252 e. The van der Waals surface area contributed by atoms with E-state index in [1.807, 2.05) is 80.7 Å². The second kappa shape index (κ2) is 11.7. The van der Waals surface area contributed by atoms with Crippen molar-refractivity contribution in [3.05, 3.63) is 90.1 Å². The first-order valence-corrected chi connectivity index (χ1v) is 13.2. The molecule has 5 rings (SSSR count). The number of amides is 1. The second-order valence-electron chi connectivity index (χ2n) is 9.88. The zero-order valence-electron chi connectivity index (χ0n) is 23.0. The lowest BCUT2D eigenvalue weighted by molar-refractivity contribution is 0.0683. The van der Waals surface area contributed by atoms with Gasteiger partial charge in [-0.3, -0.25) is 4.79 Å². The van der Waals surface area contributed by atoms with Crippen molar-refractivity contribution in [2.45, 2.75) is 32.4 Å². The van der Waals surface area contributed by atoms with E-state index in [1.54, 1.807) is 31.1 Å². The Morgan fingerprint density at radius 2 is 1.73 bits per heavy atom. The average molecular weight is 540 g/mol. The number of hydrogen-bond donors (Lipinski definition) is 2. The molecule has 2 heterocycles. The van der Waals surface area contributed by atoms with Gasteiger partial charge in [-0.1, -0.05) is 30.3 Å². The maximum atomic E-state index is 13.8. The second-order valence-corrected chi connectivity index (χ2v) is 9.88. The number of methoxy groups -OCH3 is 2. The number of ether oxygens (including phenoxy) is 2. The number of nitrogens with one attached hydrogen (secondary N) is 1. The summed E-state index contributed by atoms with van der Waals surface area (Å²) in [4.78, 5) is 24.6. The minimum atomic E-state index is -0.528. The molecule has 0 fully saturated rings. The molecule has 206 valence electrons. The van der Waals surface area contributed by atoms with Gasteiger partial charge in [0.25, 0.3) is 5.91 Å². The van der Waals surface area contributed by atoms with Crippen LogP contribution in [0.25, 0.3) is 33.1 Å². The van der Waals surface area contributed by atoms with Crippen LogP contribution in [-0.2, 0) is 6.42 Å². The summed E-state index contributed by atoms with van der Waals surface area (Å²) >= 11 is 0. The van der Waals surface area contributed by atoms with Crippen LogP contribution in [0.3, 0.4) is 0 Å². The van der Waals surface area contributed by atoms with E-state index < -0.39 is 6.04 Å². The van der Waals surface area contributed by atoms with Crippen LogP contribution in [-0.4, -0.2) is 53.7 Å². The molecule has 0 bridgehead atoms. The van der Waals surface area contributed by atoms with Gasteiger partial charge >= 0.3 is 0 Å². The molecule has 0 aliphatic carbocycles. The lowest BCUT2D eigenvalue weighted by atomic mass is 10.0. The molecule has 0 spiro atoms. The molecule has 0 saturated heterocycles. The van der Waals surface area contributed by atoms with Crippen LogP contribution in [0.15, 0.2) is 79.0 Å². The van der Waals surface area contributed by atoms with Crippen molar-refractivity contribution in [3.63, 3.8) is 0 Å². The number of aliphatic hydroxyl groups is 1. The first-order valence-electron chi connectivity index (χ1n) is 13.2. The Bertz CT molecular complexity index is 1660. The van der Waals surface area contributed by atoms with Gasteiger partial charge in [0.2, 0.25) is 0 Å². The van der Waals surface area contributed by atoms with E-state index in [9.17, 15) is 9.90 Å². The zero-order chi connectivity index (χ0) is 28.2. The fourth-order valence-corrected chi connectivity index (χ4v) is 4.83. The highest BCUT2D eigenvalue weighted by Crippen LogP contribution is 2.30. The van der Waals surface area contributed by atoms with Crippen molar-refractivity contribution in [1.82, 2.24) is 15.0 Å². The van der Waals surface area contributed by atoms with E-state index in [2.05, 4.69) is 5.32 Å². The molecule has 5 aromatic rings. The van der Waals surface area contributed by atoms with Crippen LogP contribution in [0.4, 0.5) is 0 Å². The van der Waals surface area contributed by atoms with E-state index in [-0.39, 0.29) is 18.6 Å². The summed E-state index contributed by atoms with van der Waals surface area (Å²) in [6, 6.07) is 22.2. The number of carbonyl (C=O) groups excluding carboxylic acids is 1. The van der Waals surface area contributed by atoms with Crippen LogP contribution in [0.1, 0.15) is 29.8 Å². The number of hydrogen-bond acceptors (Lipinski definition) is 6. The number of carbonyl (C=O) groups is 1. The minimum Gasteiger partial charge on any atom is -0.497 e. The Balaban J connectivity index is 1.50. The first kappa shape index (κ1) is 27.0. The van der Waals surface area contributed by atoms with Gasteiger partial charge in [0, 0.05) is 22.5 Å². The quantitative estimate of drug-likeness (QED) is 0.258. The number of fused-ring (bicyclic) bond motifs is 2. The Morgan fingerprint density at radius 1 is 0.950 bits per heavy atom. The number of para-hydroxylation sites is 1. The summed E-state index contributed by atoms with van der Waals surface area (Å²) in [6.45, 7) is 3.71. The van der Waals surface area contributed by atoms with Crippen molar-refractivity contribution in [2.75, 3.05) is 20.8 Å². The summed E-state index contributed by atoms with van der Waals surface area (Å²) in [7, 11) is 3.19. The summed E-state index contributed by atoms with van der Waals surface area (Å²) in [5.41, 5.74) is 4.45. The van der Waals surface area contributed by atoms with E-state index in [4.69, 9.17) is 19.3 Å². The monoisotopic (exact) mass is 539 g/mol. The molecule has 8 nitrogen and oxygen atoms in total. The predicted octanol–water partition coefficient (Wildman–Crippen LogP) is 5.04. The molecule has 1 amide bonds. The van der Waals surface area contributed by atoms with Gasteiger partial charge in [-0.2, -0.15) is 4.73 Å². The minimum absolute atomic E-state index is 0.00672. The summed E-state index contributed by atoms with van der Waals surface area (Å²) in [6.07, 6.45) is 2.34. The van der Waals surface area contributed by atoms with Crippen molar-refractivity contribution < 1.29 is 24.2 Å². The van der Waals surface area contributed by atoms with E-state index >= 15 is 0 Å². The fraction of sp³-hybridized carbons (Fsp3) is 0.250. The van der Waals surface area contributed by atoms with Crippen LogP contribution in [0.5, 0.6) is 11.5 Å². The maximum absolute atomic E-state index is 13.8. The van der Waals surface area contributed by atoms with Crippen LogP contribution in [0, 0.1) is 0 Å².